The van der Waals surface area contributed by atoms with Gasteiger partial charge in [-0.15, -0.1) is 0 Å². The molecule has 2 heterocycles. The number of halogens is 3. The van der Waals surface area contributed by atoms with Gasteiger partial charge in [-0.25, -0.2) is 9.97 Å². The van der Waals surface area contributed by atoms with Crippen LogP contribution < -0.4 is 0 Å². The van der Waals surface area contributed by atoms with E-state index in [9.17, 15) is 0 Å². The highest BCUT2D eigenvalue weighted by molar-refractivity contribution is 6.42. The van der Waals surface area contributed by atoms with E-state index in [1.165, 1.54) is 0 Å². The van der Waals surface area contributed by atoms with Gasteiger partial charge in [0.2, 0.25) is 0 Å². The van der Waals surface area contributed by atoms with Gasteiger partial charge in [-0.1, -0.05) is 41.7 Å². The summed E-state index contributed by atoms with van der Waals surface area (Å²) in [6.45, 7) is 3.04. The predicted molar refractivity (Wildman–Crippen MR) is 74.6 cm³/mol. The third-order valence-electron chi connectivity index (χ3n) is 2.55. The molecule has 0 aliphatic heterocycles. The quantitative estimate of drug-likeness (QED) is 0.791. The van der Waals surface area contributed by atoms with Gasteiger partial charge in [0.25, 0.3) is 0 Å². The fraction of sp³-hybridized carbons (Fsp3) is 0.333. The van der Waals surface area contributed by atoms with E-state index in [1.54, 1.807) is 12.3 Å². The monoisotopic (exact) mass is 303 g/mol. The van der Waals surface area contributed by atoms with Crippen LogP contribution in [0.2, 0.25) is 15.2 Å². The minimum atomic E-state index is 0.268. The van der Waals surface area contributed by atoms with Crippen LogP contribution in [0.3, 0.4) is 0 Å². The van der Waals surface area contributed by atoms with E-state index >= 15 is 0 Å². The second-order valence-corrected chi connectivity index (χ2v) is 5.08. The molecule has 0 aromatic carbocycles. The average molecular weight is 305 g/mol. The smallest absolute Gasteiger partial charge is 0.148 e. The van der Waals surface area contributed by atoms with Gasteiger partial charge in [-0.05, 0) is 12.5 Å². The molecular formula is C12H12Cl3N3. The highest BCUT2D eigenvalue weighted by Crippen LogP contribution is 2.26. The van der Waals surface area contributed by atoms with E-state index in [4.69, 9.17) is 34.8 Å². The number of rotatable bonds is 4. The van der Waals surface area contributed by atoms with Crippen LogP contribution in [0, 0.1) is 0 Å². The molecule has 0 N–H and O–H groups in total. The second kappa shape index (κ2) is 5.91. The molecule has 0 aliphatic rings. The van der Waals surface area contributed by atoms with E-state index in [2.05, 4.69) is 21.5 Å². The number of imidazole rings is 1. The molecule has 0 spiro atoms. The van der Waals surface area contributed by atoms with Crippen molar-refractivity contribution in [3.63, 3.8) is 0 Å². The highest BCUT2D eigenvalue weighted by Gasteiger charge is 2.11. The molecule has 0 bridgehead atoms. The van der Waals surface area contributed by atoms with Crippen LogP contribution in [0.15, 0.2) is 18.5 Å². The zero-order chi connectivity index (χ0) is 13.1. The first-order chi connectivity index (χ1) is 8.61. The van der Waals surface area contributed by atoms with Crippen molar-refractivity contribution in [3.05, 3.63) is 45.2 Å². The summed E-state index contributed by atoms with van der Waals surface area (Å²) in [5.74, 6) is 0.921. The molecule has 3 nitrogen and oxygen atoms in total. The lowest BCUT2D eigenvalue weighted by Gasteiger charge is -2.08. The summed E-state index contributed by atoms with van der Waals surface area (Å²) in [5.41, 5.74) is 0.689. The van der Waals surface area contributed by atoms with Gasteiger partial charge in [0, 0.05) is 25.4 Å². The molecule has 0 saturated heterocycles. The van der Waals surface area contributed by atoms with Crippen molar-refractivity contribution < 1.29 is 0 Å². The van der Waals surface area contributed by atoms with Gasteiger partial charge in [0.05, 0.1) is 15.7 Å². The summed E-state index contributed by atoms with van der Waals surface area (Å²) in [4.78, 5) is 8.51. The zero-order valence-corrected chi connectivity index (χ0v) is 12.1. The lowest BCUT2D eigenvalue weighted by molar-refractivity contribution is 0.645. The highest BCUT2D eigenvalue weighted by atomic mass is 35.5. The Morgan fingerprint density at radius 3 is 2.72 bits per heavy atom. The van der Waals surface area contributed by atoms with E-state index in [0.717, 1.165) is 18.8 Å². The van der Waals surface area contributed by atoms with Crippen LogP contribution in [0.1, 0.15) is 24.9 Å². The molecule has 0 unspecified atom stereocenters. The van der Waals surface area contributed by atoms with Crippen molar-refractivity contribution in [1.82, 2.24) is 14.5 Å². The minimum Gasteiger partial charge on any atom is -0.335 e. The molecule has 0 fully saturated rings. The number of aryl methyl sites for hydroxylation is 1. The molecule has 0 atom stereocenters. The van der Waals surface area contributed by atoms with Gasteiger partial charge in [0.1, 0.15) is 11.0 Å². The maximum absolute atomic E-state index is 6.11. The van der Waals surface area contributed by atoms with Crippen molar-refractivity contribution in [2.75, 3.05) is 0 Å². The SMILES string of the molecule is CCCn1ccnc1Cc1nc(Cl)c(Cl)cc1Cl. The molecule has 96 valence electrons. The van der Waals surface area contributed by atoms with E-state index < -0.39 is 0 Å². The van der Waals surface area contributed by atoms with Crippen molar-refractivity contribution in [2.45, 2.75) is 26.3 Å². The first kappa shape index (κ1) is 13.7. The normalized spacial score (nSPS) is 10.9. The molecule has 0 saturated carbocycles. The summed E-state index contributed by atoms with van der Waals surface area (Å²) in [6, 6.07) is 1.61. The second-order valence-electron chi connectivity index (χ2n) is 3.90. The van der Waals surface area contributed by atoms with Crippen molar-refractivity contribution in [3.8, 4) is 0 Å². The number of pyridine rings is 1. The van der Waals surface area contributed by atoms with Gasteiger partial charge in [0.15, 0.2) is 0 Å². The lowest BCUT2D eigenvalue weighted by atomic mass is 10.2. The zero-order valence-electron chi connectivity index (χ0n) is 9.83. The maximum Gasteiger partial charge on any atom is 0.148 e. The molecular weight excluding hydrogens is 293 g/mol. The molecule has 0 amide bonds. The first-order valence-electron chi connectivity index (χ1n) is 5.62. The molecule has 0 aliphatic carbocycles. The van der Waals surface area contributed by atoms with Crippen molar-refractivity contribution in [1.29, 1.82) is 0 Å². The van der Waals surface area contributed by atoms with Gasteiger partial charge in [-0.2, -0.15) is 0 Å². The number of hydrogen-bond donors (Lipinski definition) is 0. The summed E-state index contributed by atoms with van der Waals surface area (Å²) >= 11 is 17.9. The summed E-state index contributed by atoms with van der Waals surface area (Å²) < 4.78 is 2.08. The van der Waals surface area contributed by atoms with Crippen LogP contribution in [0.4, 0.5) is 0 Å². The number of hydrogen-bond acceptors (Lipinski definition) is 2. The Morgan fingerprint density at radius 2 is 2.00 bits per heavy atom. The molecule has 6 heteroatoms. The molecule has 0 radical (unpaired) electrons. The molecule has 2 aromatic heterocycles. The Kier molecular flexibility index (Phi) is 4.49. The standard InChI is InChI=1S/C12H12Cl3N3/c1-2-4-18-5-3-16-11(18)7-10-8(13)6-9(14)12(15)17-10/h3,5-6H,2,4,7H2,1H3. The van der Waals surface area contributed by atoms with Crippen LogP contribution in [-0.4, -0.2) is 14.5 Å². The van der Waals surface area contributed by atoms with Crippen molar-refractivity contribution in [2.24, 2.45) is 0 Å². The van der Waals surface area contributed by atoms with Crippen LogP contribution in [-0.2, 0) is 13.0 Å². The largest absolute Gasteiger partial charge is 0.335 e. The van der Waals surface area contributed by atoms with E-state index in [1.807, 2.05) is 6.20 Å². The summed E-state index contributed by atoms with van der Waals surface area (Å²) in [7, 11) is 0. The van der Waals surface area contributed by atoms with Gasteiger partial charge in [-0.3, -0.25) is 0 Å². The fourth-order valence-corrected chi connectivity index (χ4v) is 2.29. The van der Waals surface area contributed by atoms with Crippen LogP contribution >= 0.6 is 34.8 Å². The van der Waals surface area contributed by atoms with Crippen molar-refractivity contribution >= 4 is 34.8 Å². The maximum atomic E-state index is 6.11. The third kappa shape index (κ3) is 2.97. The lowest BCUT2D eigenvalue weighted by Crippen LogP contribution is -2.05. The third-order valence-corrected chi connectivity index (χ3v) is 3.55. The number of aromatic nitrogens is 3. The van der Waals surface area contributed by atoms with E-state index in [-0.39, 0.29) is 5.15 Å². The Balaban J connectivity index is 2.28. The molecule has 2 rings (SSSR count). The predicted octanol–water partition coefficient (Wildman–Crippen LogP) is 4.24. The summed E-state index contributed by atoms with van der Waals surface area (Å²) in [6.07, 6.45) is 5.31. The van der Waals surface area contributed by atoms with Gasteiger partial charge < -0.3 is 4.57 Å². The molecule has 2 aromatic rings. The number of nitrogens with zero attached hydrogens (tertiary/aromatic N) is 3. The Morgan fingerprint density at radius 1 is 1.22 bits per heavy atom. The Bertz CT molecular complexity index is 551. The van der Waals surface area contributed by atoms with Crippen LogP contribution in [0.25, 0.3) is 0 Å². The first-order valence-corrected chi connectivity index (χ1v) is 6.75. The Labute approximate surface area is 121 Å². The van der Waals surface area contributed by atoms with Gasteiger partial charge >= 0.3 is 0 Å². The average Bonchev–Trinajstić information content (AvgIpc) is 2.74. The Hall–Kier alpha value is -0.770. The minimum absolute atomic E-state index is 0.268. The molecule has 18 heavy (non-hydrogen) atoms. The fourth-order valence-electron chi connectivity index (χ4n) is 1.70. The van der Waals surface area contributed by atoms with E-state index in [0.29, 0.717) is 22.2 Å². The topological polar surface area (TPSA) is 30.7 Å². The van der Waals surface area contributed by atoms with Crippen LogP contribution in [0.5, 0.6) is 0 Å². The summed E-state index contributed by atoms with van der Waals surface area (Å²) in [5, 5.41) is 1.14.